The molecular weight excluding hydrogens is 170 g/mol. The monoisotopic (exact) mass is 185 g/mol. The summed E-state index contributed by atoms with van der Waals surface area (Å²) >= 11 is 0. The molecule has 4 rings (SSSR count). The maximum Gasteiger partial charge on any atom is 0.0347 e. The first-order chi connectivity index (χ1) is 6.79. The molecule has 0 aliphatic carbocycles. The second-order valence-electron chi connectivity index (χ2n) is 4.40. The molecule has 3 heterocycles. The molecule has 0 radical (unpaired) electrons. The standard InChI is InChI=1S/C13H15N/c1-9-13-10(2)14(9)8-7-11-5-3-4-6-12(11)13/h3-10,13H,1-2H3. The minimum atomic E-state index is 0.671. The van der Waals surface area contributed by atoms with Crippen LogP contribution in [0.25, 0.3) is 6.08 Å². The highest BCUT2D eigenvalue weighted by atomic mass is 15.2. The number of hydrogen-bond donors (Lipinski definition) is 0. The second kappa shape index (κ2) is 2.63. The van der Waals surface area contributed by atoms with Crippen LogP contribution >= 0.6 is 0 Å². The summed E-state index contributed by atoms with van der Waals surface area (Å²) in [5, 5.41) is 0. The smallest absolute Gasteiger partial charge is 0.0347 e. The molecule has 0 amide bonds. The van der Waals surface area contributed by atoms with E-state index in [-0.39, 0.29) is 0 Å². The number of rotatable bonds is 0. The Balaban J connectivity index is 2.17. The van der Waals surface area contributed by atoms with Crippen LogP contribution < -0.4 is 0 Å². The summed E-state index contributed by atoms with van der Waals surface area (Å²) in [4.78, 5) is 2.45. The zero-order valence-corrected chi connectivity index (χ0v) is 8.64. The fourth-order valence-electron chi connectivity index (χ4n) is 2.97. The van der Waals surface area contributed by atoms with Crippen molar-refractivity contribution in [2.75, 3.05) is 0 Å². The van der Waals surface area contributed by atoms with Crippen LogP contribution in [0.15, 0.2) is 30.5 Å². The zero-order chi connectivity index (χ0) is 9.71. The molecule has 3 aliphatic rings. The molecule has 1 fully saturated rings. The van der Waals surface area contributed by atoms with Crippen LogP contribution in [0.4, 0.5) is 0 Å². The van der Waals surface area contributed by atoms with E-state index in [0.29, 0.717) is 12.1 Å². The van der Waals surface area contributed by atoms with Crippen LogP contribution in [0.3, 0.4) is 0 Å². The van der Waals surface area contributed by atoms with E-state index >= 15 is 0 Å². The van der Waals surface area contributed by atoms with Gasteiger partial charge in [0.2, 0.25) is 0 Å². The lowest BCUT2D eigenvalue weighted by Gasteiger charge is -2.51. The second-order valence-corrected chi connectivity index (χ2v) is 4.40. The summed E-state index contributed by atoms with van der Waals surface area (Å²) in [6.07, 6.45) is 4.49. The number of hydrogen-bond acceptors (Lipinski definition) is 1. The first-order valence-corrected chi connectivity index (χ1v) is 5.33. The fourth-order valence-corrected chi connectivity index (χ4v) is 2.97. The van der Waals surface area contributed by atoms with Gasteiger partial charge in [0, 0.05) is 24.2 Å². The predicted octanol–water partition coefficient (Wildman–Crippen LogP) is 2.85. The Morgan fingerprint density at radius 1 is 1.07 bits per heavy atom. The Bertz CT molecular complexity index is 384. The largest absolute Gasteiger partial charge is 0.371 e. The van der Waals surface area contributed by atoms with Crippen LogP contribution in [0.5, 0.6) is 0 Å². The molecule has 2 atom stereocenters. The van der Waals surface area contributed by atoms with Gasteiger partial charge in [0.15, 0.2) is 0 Å². The van der Waals surface area contributed by atoms with E-state index in [2.05, 4.69) is 55.3 Å². The highest BCUT2D eigenvalue weighted by Crippen LogP contribution is 2.44. The van der Waals surface area contributed by atoms with Crippen molar-refractivity contribution in [3.05, 3.63) is 41.6 Å². The molecule has 3 aliphatic heterocycles. The first-order valence-electron chi connectivity index (χ1n) is 5.33. The van der Waals surface area contributed by atoms with E-state index in [9.17, 15) is 0 Å². The SMILES string of the molecule is CC1C2c3ccccc3C=CN1C2C. The van der Waals surface area contributed by atoms with Crippen molar-refractivity contribution < 1.29 is 0 Å². The predicted molar refractivity (Wildman–Crippen MR) is 59.0 cm³/mol. The van der Waals surface area contributed by atoms with Crippen molar-refractivity contribution in [1.29, 1.82) is 0 Å². The van der Waals surface area contributed by atoms with Gasteiger partial charge in [-0.25, -0.2) is 0 Å². The third-order valence-electron chi connectivity index (χ3n) is 3.76. The number of benzene rings is 1. The quantitative estimate of drug-likeness (QED) is 0.600. The molecule has 2 unspecified atom stereocenters. The van der Waals surface area contributed by atoms with E-state index in [4.69, 9.17) is 0 Å². The molecule has 1 heteroatoms. The normalized spacial score (nSPS) is 33.3. The third-order valence-corrected chi connectivity index (χ3v) is 3.76. The van der Waals surface area contributed by atoms with Crippen LogP contribution in [0.2, 0.25) is 0 Å². The molecule has 14 heavy (non-hydrogen) atoms. The third kappa shape index (κ3) is 0.848. The molecule has 0 aromatic heterocycles. The zero-order valence-electron chi connectivity index (χ0n) is 8.64. The molecule has 0 N–H and O–H groups in total. The molecule has 2 bridgehead atoms. The van der Waals surface area contributed by atoms with E-state index < -0.39 is 0 Å². The lowest BCUT2D eigenvalue weighted by Crippen LogP contribution is -2.55. The van der Waals surface area contributed by atoms with E-state index in [1.807, 2.05) is 0 Å². The van der Waals surface area contributed by atoms with Gasteiger partial charge in [0.25, 0.3) is 0 Å². The Kier molecular flexibility index (Phi) is 1.52. The van der Waals surface area contributed by atoms with Crippen molar-refractivity contribution >= 4 is 6.08 Å². The molecular formula is C13H15N. The van der Waals surface area contributed by atoms with Gasteiger partial charge in [-0.1, -0.05) is 24.3 Å². The van der Waals surface area contributed by atoms with Gasteiger partial charge in [-0.15, -0.1) is 0 Å². The molecule has 1 nitrogen and oxygen atoms in total. The molecule has 0 spiro atoms. The van der Waals surface area contributed by atoms with Gasteiger partial charge in [0.1, 0.15) is 0 Å². The summed E-state index contributed by atoms with van der Waals surface area (Å²) in [6, 6.07) is 10.1. The summed E-state index contributed by atoms with van der Waals surface area (Å²) in [5.41, 5.74) is 2.92. The van der Waals surface area contributed by atoms with Gasteiger partial charge < -0.3 is 4.90 Å². The Hall–Kier alpha value is -1.24. The fraction of sp³-hybridized carbons (Fsp3) is 0.385. The van der Waals surface area contributed by atoms with Crippen LogP contribution in [-0.4, -0.2) is 17.0 Å². The van der Waals surface area contributed by atoms with Crippen LogP contribution in [0.1, 0.15) is 30.9 Å². The van der Waals surface area contributed by atoms with Crippen molar-refractivity contribution in [3.8, 4) is 0 Å². The lowest BCUT2D eigenvalue weighted by atomic mass is 9.77. The summed E-state index contributed by atoms with van der Waals surface area (Å²) < 4.78 is 0. The number of nitrogens with zero attached hydrogens (tertiary/aromatic N) is 1. The highest BCUT2D eigenvalue weighted by molar-refractivity contribution is 5.58. The Morgan fingerprint density at radius 2 is 1.79 bits per heavy atom. The summed E-state index contributed by atoms with van der Waals surface area (Å²) in [6.45, 7) is 4.63. The summed E-state index contributed by atoms with van der Waals surface area (Å²) in [7, 11) is 0. The van der Waals surface area contributed by atoms with E-state index in [1.165, 1.54) is 11.1 Å². The van der Waals surface area contributed by atoms with Crippen molar-refractivity contribution in [3.63, 3.8) is 0 Å². The minimum absolute atomic E-state index is 0.671. The topological polar surface area (TPSA) is 3.24 Å². The Labute approximate surface area is 85.0 Å². The maximum absolute atomic E-state index is 2.45. The van der Waals surface area contributed by atoms with Gasteiger partial charge >= 0.3 is 0 Å². The molecule has 1 saturated heterocycles. The molecule has 0 saturated carbocycles. The lowest BCUT2D eigenvalue weighted by molar-refractivity contribution is 0.0618. The Morgan fingerprint density at radius 3 is 2.57 bits per heavy atom. The van der Waals surface area contributed by atoms with Gasteiger partial charge in [-0.3, -0.25) is 0 Å². The summed E-state index contributed by atoms with van der Waals surface area (Å²) in [5.74, 6) is 0.723. The van der Waals surface area contributed by atoms with Gasteiger partial charge in [-0.2, -0.15) is 0 Å². The minimum Gasteiger partial charge on any atom is -0.371 e. The average Bonchev–Trinajstić information content (AvgIpc) is 2.44. The van der Waals surface area contributed by atoms with Gasteiger partial charge in [0.05, 0.1) is 0 Å². The first kappa shape index (κ1) is 8.10. The maximum atomic E-state index is 2.45. The van der Waals surface area contributed by atoms with Crippen molar-refractivity contribution in [2.24, 2.45) is 0 Å². The molecule has 72 valence electrons. The van der Waals surface area contributed by atoms with Crippen molar-refractivity contribution in [2.45, 2.75) is 31.8 Å². The molecule has 1 aromatic carbocycles. The van der Waals surface area contributed by atoms with E-state index in [1.54, 1.807) is 0 Å². The van der Waals surface area contributed by atoms with Gasteiger partial charge in [-0.05, 0) is 31.1 Å². The van der Waals surface area contributed by atoms with Crippen LogP contribution in [-0.2, 0) is 0 Å². The average molecular weight is 185 g/mol. The highest BCUT2D eigenvalue weighted by Gasteiger charge is 2.43. The van der Waals surface area contributed by atoms with Crippen LogP contribution in [0, 0.1) is 0 Å². The molecule has 1 aromatic rings. The van der Waals surface area contributed by atoms with E-state index in [0.717, 1.165) is 5.92 Å². The van der Waals surface area contributed by atoms with Crippen molar-refractivity contribution in [1.82, 2.24) is 4.90 Å².